The maximum absolute atomic E-state index is 12.7. The van der Waals surface area contributed by atoms with Crippen molar-refractivity contribution in [2.45, 2.75) is 17.9 Å². The van der Waals surface area contributed by atoms with E-state index in [1.807, 2.05) is 36.5 Å². The maximum atomic E-state index is 12.7. The van der Waals surface area contributed by atoms with Crippen molar-refractivity contribution in [3.63, 3.8) is 0 Å². The van der Waals surface area contributed by atoms with Gasteiger partial charge in [0, 0.05) is 11.4 Å². The molecule has 1 amide bonds. The number of anilines is 1. The van der Waals surface area contributed by atoms with Crippen molar-refractivity contribution < 1.29 is 21.6 Å². The summed E-state index contributed by atoms with van der Waals surface area (Å²) in [4.78, 5) is 15.1. The van der Waals surface area contributed by atoms with Crippen molar-refractivity contribution in [1.29, 1.82) is 0 Å². The summed E-state index contributed by atoms with van der Waals surface area (Å²) in [5, 5.41) is 1.94. The first-order valence-corrected chi connectivity index (χ1v) is 12.9. The van der Waals surface area contributed by atoms with E-state index >= 15 is 0 Å². The summed E-state index contributed by atoms with van der Waals surface area (Å²) < 4.78 is 53.1. The number of benzene rings is 1. The van der Waals surface area contributed by atoms with E-state index in [1.165, 1.54) is 24.3 Å². The molecule has 2 aromatic rings. The molecule has 2 unspecified atom stereocenters. The molecule has 1 fully saturated rings. The maximum Gasteiger partial charge on any atom is 0.244 e. The minimum Gasteiger partial charge on any atom is -0.300 e. The number of nitrogens with one attached hydrogen (secondary N) is 1. The monoisotopic (exact) mass is 457 g/mol. The third kappa shape index (κ3) is 4.53. The van der Waals surface area contributed by atoms with E-state index in [9.17, 15) is 21.6 Å². The molecular formula is C18H23N3O5S3. The first-order chi connectivity index (χ1) is 13.5. The Hall–Kier alpha value is -1.79. The number of nitrogens with zero attached hydrogens (tertiary/aromatic N) is 2. The minimum absolute atomic E-state index is 0.00188. The Kier molecular flexibility index (Phi) is 6.16. The average molecular weight is 458 g/mol. The van der Waals surface area contributed by atoms with Gasteiger partial charge in [-0.3, -0.25) is 4.79 Å². The molecule has 11 heteroatoms. The highest BCUT2D eigenvalue weighted by Gasteiger charge is 2.42. The van der Waals surface area contributed by atoms with Gasteiger partial charge in [-0.05, 0) is 49.8 Å². The second kappa shape index (κ2) is 8.15. The molecule has 1 aliphatic heterocycles. The lowest BCUT2D eigenvalue weighted by Gasteiger charge is -2.23. The summed E-state index contributed by atoms with van der Waals surface area (Å²) in [6.45, 7) is 1.74. The van der Waals surface area contributed by atoms with E-state index in [-0.39, 0.29) is 28.9 Å². The molecular weight excluding hydrogens is 434 g/mol. The van der Waals surface area contributed by atoms with Gasteiger partial charge in [0.1, 0.15) is 0 Å². The van der Waals surface area contributed by atoms with Crippen LogP contribution in [0.1, 0.15) is 17.8 Å². The zero-order chi connectivity index (χ0) is 21.4. The number of hydrogen-bond acceptors (Lipinski definition) is 7. The van der Waals surface area contributed by atoms with E-state index in [1.54, 1.807) is 18.3 Å². The van der Waals surface area contributed by atoms with Gasteiger partial charge in [0.25, 0.3) is 0 Å². The van der Waals surface area contributed by atoms with Crippen molar-refractivity contribution in [3.05, 3.63) is 46.7 Å². The van der Waals surface area contributed by atoms with E-state index in [0.29, 0.717) is 0 Å². The SMILES string of the molecule is CC1CS(=O)(=O)N(c2ccc(S(=O)(=O)NCC(c3cccs3)N(C)C)cc2)C1=O. The zero-order valence-electron chi connectivity index (χ0n) is 16.3. The van der Waals surface area contributed by atoms with Crippen LogP contribution in [0.5, 0.6) is 0 Å². The van der Waals surface area contributed by atoms with Gasteiger partial charge >= 0.3 is 0 Å². The van der Waals surface area contributed by atoms with Crippen molar-refractivity contribution in [3.8, 4) is 0 Å². The third-order valence-corrected chi connectivity index (χ3v) is 8.99. The Bertz CT molecular complexity index is 1080. The van der Waals surface area contributed by atoms with Gasteiger partial charge in [-0.2, -0.15) is 0 Å². The van der Waals surface area contributed by atoms with Gasteiger partial charge in [-0.1, -0.05) is 13.0 Å². The summed E-state index contributed by atoms with van der Waals surface area (Å²) in [6.07, 6.45) is 0. The molecule has 8 nitrogen and oxygen atoms in total. The molecule has 2 heterocycles. The quantitative estimate of drug-likeness (QED) is 0.678. The van der Waals surface area contributed by atoms with Crippen molar-refractivity contribution >= 4 is 43.0 Å². The van der Waals surface area contributed by atoms with Gasteiger partial charge in [0.05, 0.1) is 28.3 Å². The fraction of sp³-hybridized carbons (Fsp3) is 0.389. The Morgan fingerprint density at radius 1 is 1.24 bits per heavy atom. The van der Waals surface area contributed by atoms with Gasteiger partial charge < -0.3 is 4.90 Å². The zero-order valence-corrected chi connectivity index (χ0v) is 18.7. The Balaban J connectivity index is 1.77. The summed E-state index contributed by atoms with van der Waals surface area (Å²) >= 11 is 1.55. The third-order valence-electron chi connectivity index (χ3n) is 4.70. The fourth-order valence-electron chi connectivity index (χ4n) is 3.14. The van der Waals surface area contributed by atoms with E-state index in [2.05, 4.69) is 4.72 Å². The highest BCUT2D eigenvalue weighted by molar-refractivity contribution is 7.94. The Morgan fingerprint density at radius 2 is 1.90 bits per heavy atom. The Labute approximate surface area is 175 Å². The molecule has 29 heavy (non-hydrogen) atoms. The predicted molar refractivity (Wildman–Crippen MR) is 113 cm³/mol. The molecule has 0 bridgehead atoms. The van der Waals surface area contributed by atoms with Crippen molar-refractivity contribution in [1.82, 2.24) is 9.62 Å². The number of likely N-dealkylation sites (N-methyl/N-ethyl adjacent to an activating group) is 1. The first kappa shape index (κ1) is 21.9. The minimum atomic E-state index is -3.80. The van der Waals surface area contributed by atoms with E-state index in [0.717, 1.165) is 9.18 Å². The molecule has 1 N–H and O–H groups in total. The van der Waals surface area contributed by atoms with E-state index in [4.69, 9.17) is 0 Å². The Morgan fingerprint density at radius 3 is 2.38 bits per heavy atom. The second-order valence-corrected chi connectivity index (χ2v) is 11.7. The number of hydrogen-bond donors (Lipinski definition) is 1. The number of amides is 1. The molecule has 158 valence electrons. The van der Waals surface area contributed by atoms with Crippen molar-refractivity contribution in [2.75, 3.05) is 30.7 Å². The van der Waals surface area contributed by atoms with Crippen LogP contribution in [-0.2, 0) is 24.8 Å². The average Bonchev–Trinajstić information content (AvgIpc) is 3.22. The van der Waals surface area contributed by atoms with Crippen LogP contribution in [0.2, 0.25) is 0 Å². The fourth-order valence-corrected chi connectivity index (χ4v) is 6.92. The lowest BCUT2D eigenvalue weighted by atomic mass is 10.2. The highest BCUT2D eigenvalue weighted by atomic mass is 32.2. The summed E-state index contributed by atoms with van der Waals surface area (Å²) in [5.41, 5.74) is 0.142. The highest BCUT2D eigenvalue weighted by Crippen LogP contribution is 2.29. The molecule has 1 aromatic heterocycles. The molecule has 0 aliphatic carbocycles. The number of carbonyl (C=O) groups excluding carboxylic acids is 1. The first-order valence-electron chi connectivity index (χ1n) is 8.89. The lowest BCUT2D eigenvalue weighted by molar-refractivity contribution is -0.119. The van der Waals surface area contributed by atoms with Crippen LogP contribution in [0.25, 0.3) is 0 Å². The summed E-state index contributed by atoms with van der Waals surface area (Å²) in [7, 11) is -3.77. The van der Waals surface area contributed by atoms with Crippen LogP contribution in [-0.4, -0.2) is 54.0 Å². The largest absolute Gasteiger partial charge is 0.300 e. The lowest BCUT2D eigenvalue weighted by Crippen LogP contribution is -2.34. The normalized spacial score (nSPS) is 20.3. The topological polar surface area (TPSA) is 104 Å². The molecule has 1 aromatic carbocycles. The smallest absolute Gasteiger partial charge is 0.244 e. The van der Waals surface area contributed by atoms with Gasteiger partial charge in [0.2, 0.25) is 26.0 Å². The van der Waals surface area contributed by atoms with Crippen LogP contribution < -0.4 is 9.03 Å². The molecule has 3 rings (SSSR count). The second-order valence-electron chi connectivity index (χ2n) is 7.12. The molecule has 1 saturated heterocycles. The van der Waals surface area contributed by atoms with E-state index < -0.39 is 31.9 Å². The standard InChI is InChI=1S/C18H23N3O5S3/c1-13-12-28(23,24)21(18(13)22)14-6-8-15(9-7-14)29(25,26)19-11-16(20(2)3)17-5-4-10-27-17/h4-10,13,16,19H,11-12H2,1-3H3. The number of sulfonamides is 2. The van der Waals surface area contributed by atoms with Gasteiger partial charge in [-0.25, -0.2) is 25.9 Å². The van der Waals surface area contributed by atoms with Crippen LogP contribution >= 0.6 is 11.3 Å². The van der Waals surface area contributed by atoms with Crippen molar-refractivity contribution in [2.24, 2.45) is 5.92 Å². The van der Waals surface area contributed by atoms with Gasteiger partial charge in [0.15, 0.2) is 0 Å². The predicted octanol–water partition coefficient (Wildman–Crippen LogP) is 1.64. The van der Waals surface area contributed by atoms with Crippen LogP contribution in [0.15, 0.2) is 46.7 Å². The number of carbonyl (C=O) groups is 1. The van der Waals surface area contributed by atoms with Crippen LogP contribution in [0.4, 0.5) is 5.69 Å². The molecule has 0 spiro atoms. The molecule has 1 aliphatic rings. The van der Waals surface area contributed by atoms with Crippen LogP contribution in [0, 0.1) is 5.92 Å². The summed E-state index contributed by atoms with van der Waals surface area (Å²) in [5.74, 6) is -1.38. The molecule has 0 radical (unpaired) electrons. The van der Waals surface area contributed by atoms with Gasteiger partial charge in [-0.15, -0.1) is 11.3 Å². The molecule has 0 saturated carbocycles. The molecule has 2 atom stereocenters. The number of rotatable bonds is 7. The van der Waals surface area contributed by atoms with Crippen LogP contribution in [0.3, 0.4) is 0 Å². The summed E-state index contributed by atoms with van der Waals surface area (Å²) in [6, 6.07) is 9.04. The number of thiophene rings is 1.